The fraction of sp³-hybridized carbons (Fsp3) is 0.316. The number of carbonyl (C=O) groups excluding carboxylic acids is 3. The number of carbonyl (C=O) groups is 3. The van der Waals surface area contributed by atoms with Gasteiger partial charge < -0.3 is 10.1 Å². The summed E-state index contributed by atoms with van der Waals surface area (Å²) in [7, 11) is 1.19. The molecule has 0 fully saturated rings. The van der Waals surface area contributed by atoms with Crippen LogP contribution in [0.4, 0.5) is 9.80 Å². The number of ether oxygens (including phenoxy) is 1. The van der Waals surface area contributed by atoms with Crippen molar-refractivity contribution in [3.05, 3.63) is 50.9 Å². The Hall–Kier alpha value is -2.38. The van der Waals surface area contributed by atoms with Crippen LogP contribution >= 0.6 is 22.9 Å². The third-order valence-electron chi connectivity index (χ3n) is 4.49. The molecule has 6 nitrogen and oxygen atoms in total. The van der Waals surface area contributed by atoms with E-state index in [-0.39, 0.29) is 0 Å². The van der Waals surface area contributed by atoms with Gasteiger partial charge in [0.15, 0.2) is 0 Å². The maximum atomic E-state index is 12.7. The topological polar surface area (TPSA) is 84.5 Å². The first-order valence-electron chi connectivity index (χ1n) is 8.50. The van der Waals surface area contributed by atoms with Crippen molar-refractivity contribution in [2.24, 2.45) is 5.92 Å². The lowest BCUT2D eigenvalue weighted by Crippen LogP contribution is -2.31. The van der Waals surface area contributed by atoms with Gasteiger partial charge in [0.1, 0.15) is 5.00 Å². The van der Waals surface area contributed by atoms with Crippen LogP contribution in [0.2, 0.25) is 5.02 Å². The average Bonchev–Trinajstić information content (AvgIpc) is 2.98. The van der Waals surface area contributed by atoms with Gasteiger partial charge in [-0.05, 0) is 42.9 Å². The Bertz CT molecular complexity index is 909. The van der Waals surface area contributed by atoms with E-state index in [1.54, 1.807) is 24.3 Å². The lowest BCUT2D eigenvalue weighted by molar-refractivity contribution is 0.0937. The molecule has 2 N–H and O–H groups in total. The first-order valence-corrected chi connectivity index (χ1v) is 9.69. The number of rotatable bonds is 3. The van der Waals surface area contributed by atoms with Gasteiger partial charge in [0, 0.05) is 4.88 Å². The molecule has 0 spiro atoms. The van der Waals surface area contributed by atoms with Crippen LogP contribution in [0.3, 0.4) is 0 Å². The standard InChI is InChI=1S/C19H19ClN2O4S/c1-10-7-8-12-14(9-10)27-18(15(12)17(24)22-19(25)26-2)21-16(23)11-5-3-4-6-13(11)20/h3-6,10H,7-9H2,1-2H3,(H,21,23)(H,22,24,25)/t10-/m0/s1. The van der Waals surface area contributed by atoms with E-state index in [0.29, 0.717) is 27.1 Å². The maximum Gasteiger partial charge on any atom is 0.413 e. The summed E-state index contributed by atoms with van der Waals surface area (Å²) in [4.78, 5) is 37.8. The third kappa shape index (κ3) is 4.14. The average molecular weight is 407 g/mol. The van der Waals surface area contributed by atoms with E-state index in [9.17, 15) is 14.4 Å². The molecule has 1 heterocycles. The number of benzene rings is 1. The van der Waals surface area contributed by atoms with Crippen LogP contribution in [0.1, 0.15) is 44.5 Å². The molecule has 0 saturated carbocycles. The van der Waals surface area contributed by atoms with Gasteiger partial charge in [-0.2, -0.15) is 0 Å². The Kier molecular flexibility index (Phi) is 5.82. The molecule has 2 aromatic rings. The van der Waals surface area contributed by atoms with Gasteiger partial charge in [0.2, 0.25) is 0 Å². The number of alkyl carbamates (subject to hydrolysis) is 1. The highest BCUT2D eigenvalue weighted by atomic mass is 35.5. The number of hydrogen-bond donors (Lipinski definition) is 2. The molecule has 1 aromatic heterocycles. The summed E-state index contributed by atoms with van der Waals surface area (Å²) in [6, 6.07) is 6.69. The second-order valence-corrected chi connectivity index (χ2v) is 7.95. The molecule has 1 aliphatic carbocycles. The molecule has 0 unspecified atom stereocenters. The minimum absolute atomic E-state index is 0.318. The molecular weight excluding hydrogens is 388 g/mol. The highest BCUT2D eigenvalue weighted by Crippen LogP contribution is 2.40. The summed E-state index contributed by atoms with van der Waals surface area (Å²) in [6.45, 7) is 2.15. The number of hydrogen-bond acceptors (Lipinski definition) is 5. The number of fused-ring (bicyclic) bond motifs is 1. The highest BCUT2D eigenvalue weighted by Gasteiger charge is 2.29. The quantitative estimate of drug-likeness (QED) is 0.796. The fourth-order valence-electron chi connectivity index (χ4n) is 3.10. The number of amides is 3. The Labute approximate surface area is 165 Å². The molecule has 1 aliphatic rings. The van der Waals surface area contributed by atoms with Crippen molar-refractivity contribution in [2.45, 2.75) is 26.2 Å². The second-order valence-electron chi connectivity index (χ2n) is 6.44. The Balaban J connectivity index is 1.96. The Morgan fingerprint density at radius 3 is 2.67 bits per heavy atom. The summed E-state index contributed by atoms with van der Waals surface area (Å²) < 4.78 is 4.51. The van der Waals surface area contributed by atoms with Crippen molar-refractivity contribution in [3.63, 3.8) is 0 Å². The number of imide groups is 1. The molecule has 3 rings (SSSR count). The van der Waals surface area contributed by atoms with E-state index in [0.717, 1.165) is 29.7 Å². The van der Waals surface area contributed by atoms with Gasteiger partial charge in [-0.1, -0.05) is 30.7 Å². The van der Waals surface area contributed by atoms with Crippen LogP contribution in [0, 0.1) is 5.92 Å². The number of methoxy groups -OCH3 is 1. The molecule has 0 radical (unpaired) electrons. The number of thiophene rings is 1. The summed E-state index contributed by atoms with van der Waals surface area (Å²) in [5.41, 5.74) is 1.53. The molecule has 0 saturated heterocycles. The SMILES string of the molecule is COC(=O)NC(=O)c1c(NC(=O)c2ccccc2Cl)sc2c1CC[C@H](C)C2. The van der Waals surface area contributed by atoms with Crippen LogP contribution < -0.4 is 10.6 Å². The molecule has 0 bridgehead atoms. The van der Waals surface area contributed by atoms with E-state index in [1.165, 1.54) is 18.4 Å². The van der Waals surface area contributed by atoms with E-state index in [1.807, 2.05) is 0 Å². The summed E-state index contributed by atoms with van der Waals surface area (Å²) in [5.74, 6) is -0.484. The lowest BCUT2D eigenvalue weighted by atomic mass is 9.88. The van der Waals surface area contributed by atoms with Crippen molar-refractivity contribution in [1.82, 2.24) is 5.32 Å². The van der Waals surface area contributed by atoms with Crippen LogP contribution in [0.5, 0.6) is 0 Å². The van der Waals surface area contributed by atoms with E-state index in [4.69, 9.17) is 11.6 Å². The smallest absolute Gasteiger partial charge is 0.413 e. The maximum absolute atomic E-state index is 12.7. The van der Waals surface area contributed by atoms with Gasteiger partial charge in [0.25, 0.3) is 11.8 Å². The zero-order valence-corrected chi connectivity index (χ0v) is 16.5. The zero-order valence-electron chi connectivity index (χ0n) is 14.9. The molecule has 3 amide bonds. The fourth-order valence-corrected chi connectivity index (χ4v) is 4.73. The van der Waals surface area contributed by atoms with Gasteiger partial charge in [-0.25, -0.2) is 4.79 Å². The van der Waals surface area contributed by atoms with E-state index >= 15 is 0 Å². The van der Waals surface area contributed by atoms with Crippen molar-refractivity contribution >= 4 is 45.8 Å². The van der Waals surface area contributed by atoms with Gasteiger partial charge in [-0.3, -0.25) is 14.9 Å². The minimum atomic E-state index is -0.840. The zero-order chi connectivity index (χ0) is 19.6. The highest BCUT2D eigenvalue weighted by molar-refractivity contribution is 7.17. The summed E-state index contributed by atoms with van der Waals surface area (Å²) in [6.07, 6.45) is 1.66. The van der Waals surface area contributed by atoms with Crippen molar-refractivity contribution in [1.29, 1.82) is 0 Å². The lowest BCUT2D eigenvalue weighted by Gasteiger charge is -2.18. The molecule has 1 aromatic carbocycles. The largest absolute Gasteiger partial charge is 0.453 e. The van der Waals surface area contributed by atoms with Gasteiger partial charge in [-0.15, -0.1) is 11.3 Å². The Morgan fingerprint density at radius 2 is 1.96 bits per heavy atom. The van der Waals surface area contributed by atoms with E-state index < -0.39 is 17.9 Å². The number of nitrogens with one attached hydrogen (secondary N) is 2. The molecule has 8 heteroatoms. The minimum Gasteiger partial charge on any atom is -0.453 e. The third-order valence-corrected chi connectivity index (χ3v) is 5.98. The van der Waals surface area contributed by atoms with Crippen molar-refractivity contribution < 1.29 is 19.1 Å². The predicted octanol–water partition coefficient (Wildman–Crippen LogP) is 4.27. The summed E-state index contributed by atoms with van der Waals surface area (Å²) >= 11 is 7.47. The predicted molar refractivity (Wildman–Crippen MR) is 105 cm³/mol. The van der Waals surface area contributed by atoms with Crippen LogP contribution in [-0.2, 0) is 17.6 Å². The molecule has 0 aliphatic heterocycles. The monoisotopic (exact) mass is 406 g/mol. The molecule has 1 atom stereocenters. The van der Waals surface area contributed by atoms with E-state index in [2.05, 4.69) is 22.3 Å². The number of halogens is 1. The van der Waals surface area contributed by atoms with Crippen LogP contribution in [-0.4, -0.2) is 25.0 Å². The van der Waals surface area contributed by atoms with Gasteiger partial charge in [0.05, 0.1) is 23.3 Å². The normalized spacial score (nSPS) is 15.6. The molecule has 142 valence electrons. The molecule has 27 heavy (non-hydrogen) atoms. The number of anilines is 1. The van der Waals surface area contributed by atoms with Crippen molar-refractivity contribution in [3.8, 4) is 0 Å². The van der Waals surface area contributed by atoms with Crippen LogP contribution in [0.15, 0.2) is 24.3 Å². The first kappa shape index (κ1) is 19.4. The second kappa shape index (κ2) is 8.10. The molecular formula is C19H19ClN2O4S. The summed E-state index contributed by atoms with van der Waals surface area (Å²) in [5, 5.41) is 5.72. The first-order chi connectivity index (χ1) is 12.9. The van der Waals surface area contributed by atoms with Crippen LogP contribution in [0.25, 0.3) is 0 Å². The van der Waals surface area contributed by atoms with Gasteiger partial charge >= 0.3 is 6.09 Å². The Morgan fingerprint density at radius 1 is 1.22 bits per heavy atom. The van der Waals surface area contributed by atoms with Crippen molar-refractivity contribution in [2.75, 3.05) is 12.4 Å².